The number of methoxy groups -OCH3 is 1. The summed E-state index contributed by atoms with van der Waals surface area (Å²) in [6, 6.07) is 13.0. The molecule has 0 atom stereocenters. The predicted molar refractivity (Wildman–Crippen MR) is 135 cm³/mol. The van der Waals surface area contributed by atoms with E-state index in [0.29, 0.717) is 40.3 Å². The number of azo groups is 1. The van der Waals surface area contributed by atoms with Gasteiger partial charge in [0.25, 0.3) is 5.91 Å². The van der Waals surface area contributed by atoms with E-state index in [2.05, 4.69) is 37.9 Å². The summed E-state index contributed by atoms with van der Waals surface area (Å²) >= 11 is 2.18. The first kappa shape index (κ1) is 25.1. The number of halogens is 1. The highest BCUT2D eigenvalue weighted by Gasteiger charge is 2.23. The Hall–Kier alpha value is -3.51. The van der Waals surface area contributed by atoms with Gasteiger partial charge in [-0.2, -0.15) is 25.9 Å². The average Bonchev–Trinajstić information content (AvgIpc) is 2.89. The minimum atomic E-state index is -1.16. The molecule has 1 heterocycles. The van der Waals surface area contributed by atoms with Crippen molar-refractivity contribution >= 4 is 39.9 Å². The molecule has 174 valence electrons. The Morgan fingerprint density at radius 2 is 2.03 bits per heavy atom. The topological polar surface area (TPSA) is 123 Å². The lowest BCUT2D eigenvalue weighted by Gasteiger charge is -2.25. The van der Waals surface area contributed by atoms with Crippen molar-refractivity contribution < 1.29 is 14.3 Å². The quantitative estimate of drug-likeness (QED) is 0.246. The highest BCUT2D eigenvalue weighted by atomic mass is 127. The molecule has 2 aromatic rings. The van der Waals surface area contributed by atoms with Crippen LogP contribution in [0.2, 0.25) is 0 Å². The maximum atomic E-state index is 13.3. The van der Waals surface area contributed by atoms with Crippen LogP contribution in [0, 0.1) is 22.7 Å². The predicted octanol–water partition coefficient (Wildman–Crippen LogP) is 5.17. The van der Waals surface area contributed by atoms with Crippen molar-refractivity contribution in [2.45, 2.75) is 30.2 Å². The molecule has 0 N–H and O–H groups in total. The van der Waals surface area contributed by atoms with Gasteiger partial charge in [-0.05, 0) is 61.7 Å². The fourth-order valence-electron chi connectivity index (χ4n) is 3.42. The number of nitrogens with zero attached hydrogens (tertiary/aromatic N) is 6. The molecule has 0 fully saturated rings. The smallest absolute Gasteiger partial charge is 0.274 e. The van der Waals surface area contributed by atoms with E-state index in [1.165, 1.54) is 5.01 Å². The standard InChI is InChI=1S/C24H23IN6O3/c1-3-34-23-12-16(6-9-22(23)33-2)21-5-4-10-31(30-21)24(32)20-8-7-18(11-17(20)13-25)28-29-19(14-26)15-27/h6-9,11-12,19H,3-5,10,13H2,1-2H3. The summed E-state index contributed by atoms with van der Waals surface area (Å²) in [4.78, 5) is 13.3. The molecule has 1 aliphatic rings. The highest BCUT2D eigenvalue weighted by molar-refractivity contribution is 14.1. The maximum absolute atomic E-state index is 13.3. The number of carbonyl (C=O) groups is 1. The second-order valence-electron chi connectivity index (χ2n) is 7.23. The van der Waals surface area contributed by atoms with Crippen LogP contribution in [-0.4, -0.2) is 42.9 Å². The average molecular weight is 570 g/mol. The summed E-state index contributed by atoms with van der Waals surface area (Å²) in [7, 11) is 1.60. The van der Waals surface area contributed by atoms with E-state index in [0.717, 1.165) is 29.7 Å². The zero-order valence-electron chi connectivity index (χ0n) is 18.9. The van der Waals surface area contributed by atoms with Gasteiger partial charge in [0.05, 0.1) is 25.1 Å². The molecule has 1 aliphatic heterocycles. The van der Waals surface area contributed by atoms with Crippen molar-refractivity contribution in [3.63, 3.8) is 0 Å². The van der Waals surface area contributed by atoms with Crippen LogP contribution in [0.25, 0.3) is 0 Å². The minimum Gasteiger partial charge on any atom is -0.493 e. The van der Waals surface area contributed by atoms with E-state index < -0.39 is 6.04 Å². The number of alkyl halides is 1. The SMILES string of the molecule is CCOc1cc(C2=NN(C(=O)c3ccc(N=NC(C#N)C#N)cc3CI)CCC2)ccc1OC. The number of hydrogen-bond donors (Lipinski definition) is 0. The number of carbonyl (C=O) groups excluding carboxylic acids is 1. The Labute approximate surface area is 211 Å². The molecule has 0 bridgehead atoms. The summed E-state index contributed by atoms with van der Waals surface area (Å²) in [6.45, 7) is 2.94. The van der Waals surface area contributed by atoms with Crippen LogP contribution in [0.5, 0.6) is 11.5 Å². The van der Waals surface area contributed by atoms with Crippen molar-refractivity contribution in [2.75, 3.05) is 20.3 Å². The third kappa shape index (κ3) is 5.88. The van der Waals surface area contributed by atoms with Crippen molar-refractivity contribution in [1.29, 1.82) is 10.5 Å². The molecule has 2 aromatic carbocycles. The van der Waals surface area contributed by atoms with Crippen LogP contribution in [0.1, 0.15) is 41.3 Å². The number of rotatable bonds is 8. The number of amides is 1. The molecule has 0 spiro atoms. The van der Waals surface area contributed by atoms with E-state index >= 15 is 0 Å². The number of hydrazone groups is 1. The second kappa shape index (κ2) is 12.1. The van der Waals surface area contributed by atoms with Gasteiger partial charge >= 0.3 is 0 Å². The van der Waals surface area contributed by atoms with Crippen molar-refractivity contribution in [1.82, 2.24) is 5.01 Å². The molecule has 0 aromatic heterocycles. The Kier molecular flexibility index (Phi) is 8.93. The number of hydrogen-bond acceptors (Lipinski definition) is 8. The highest BCUT2D eigenvalue weighted by Crippen LogP contribution is 2.30. The van der Waals surface area contributed by atoms with E-state index in [1.807, 2.05) is 25.1 Å². The van der Waals surface area contributed by atoms with Gasteiger partial charge in [-0.25, -0.2) is 5.01 Å². The van der Waals surface area contributed by atoms with Crippen molar-refractivity contribution in [3.05, 3.63) is 53.1 Å². The van der Waals surface area contributed by atoms with Gasteiger partial charge in [0.1, 0.15) is 12.1 Å². The van der Waals surface area contributed by atoms with Crippen LogP contribution >= 0.6 is 22.6 Å². The Bertz CT molecular complexity index is 1180. The Morgan fingerprint density at radius 1 is 1.24 bits per heavy atom. The summed E-state index contributed by atoms with van der Waals surface area (Å²) in [5, 5.41) is 31.5. The van der Waals surface area contributed by atoms with Gasteiger partial charge in [0, 0.05) is 22.1 Å². The normalized spacial score (nSPS) is 13.4. The van der Waals surface area contributed by atoms with Crippen LogP contribution in [-0.2, 0) is 4.43 Å². The van der Waals surface area contributed by atoms with Crippen LogP contribution < -0.4 is 9.47 Å². The van der Waals surface area contributed by atoms with Gasteiger partial charge < -0.3 is 9.47 Å². The lowest BCUT2D eigenvalue weighted by atomic mass is 10.0. The largest absolute Gasteiger partial charge is 0.493 e. The zero-order valence-corrected chi connectivity index (χ0v) is 21.0. The second-order valence-corrected chi connectivity index (χ2v) is 7.99. The molecular weight excluding hydrogens is 547 g/mol. The monoisotopic (exact) mass is 570 g/mol. The third-order valence-corrected chi connectivity index (χ3v) is 5.87. The minimum absolute atomic E-state index is 0.196. The fraction of sp³-hybridized carbons (Fsp3) is 0.333. The molecule has 0 radical (unpaired) electrons. The maximum Gasteiger partial charge on any atom is 0.274 e. The summed E-state index contributed by atoms with van der Waals surface area (Å²) in [6.07, 6.45) is 1.54. The first-order valence-electron chi connectivity index (χ1n) is 10.6. The van der Waals surface area contributed by atoms with E-state index in [4.69, 9.17) is 20.0 Å². The van der Waals surface area contributed by atoms with Crippen LogP contribution in [0.15, 0.2) is 51.7 Å². The van der Waals surface area contributed by atoms with E-state index in [1.54, 1.807) is 37.4 Å². The van der Waals surface area contributed by atoms with Gasteiger partial charge in [0.2, 0.25) is 6.04 Å². The van der Waals surface area contributed by atoms with Gasteiger partial charge in [-0.3, -0.25) is 4.79 Å². The third-order valence-electron chi connectivity index (χ3n) is 5.05. The van der Waals surface area contributed by atoms with Crippen molar-refractivity contribution in [3.8, 4) is 23.6 Å². The van der Waals surface area contributed by atoms with E-state index in [9.17, 15) is 4.79 Å². The number of nitriles is 2. The molecule has 10 heteroatoms. The van der Waals surface area contributed by atoms with E-state index in [-0.39, 0.29) is 5.91 Å². The van der Waals surface area contributed by atoms with Crippen molar-refractivity contribution in [2.24, 2.45) is 15.3 Å². The zero-order chi connectivity index (χ0) is 24.5. The lowest BCUT2D eigenvalue weighted by molar-refractivity contribution is 0.0751. The Balaban J connectivity index is 1.87. The first-order chi connectivity index (χ1) is 16.5. The first-order valence-corrected chi connectivity index (χ1v) is 12.2. The number of ether oxygens (including phenoxy) is 2. The molecule has 0 unspecified atom stereocenters. The van der Waals surface area contributed by atoms with Gasteiger partial charge in [0.15, 0.2) is 11.5 Å². The molecule has 0 saturated carbocycles. The number of benzene rings is 2. The van der Waals surface area contributed by atoms with Crippen LogP contribution in [0.3, 0.4) is 0 Å². The van der Waals surface area contributed by atoms with Crippen LogP contribution in [0.4, 0.5) is 5.69 Å². The summed E-state index contributed by atoms with van der Waals surface area (Å²) in [5.74, 6) is 1.09. The van der Waals surface area contributed by atoms with Gasteiger partial charge in [-0.1, -0.05) is 22.6 Å². The molecule has 34 heavy (non-hydrogen) atoms. The molecular formula is C24H23IN6O3. The fourth-order valence-corrected chi connectivity index (χ4v) is 4.05. The lowest BCUT2D eigenvalue weighted by Crippen LogP contribution is -2.32. The molecule has 3 rings (SSSR count). The summed E-state index contributed by atoms with van der Waals surface area (Å²) < 4.78 is 11.6. The summed E-state index contributed by atoms with van der Waals surface area (Å²) in [5.41, 5.74) is 3.47. The molecule has 1 amide bonds. The molecule has 9 nitrogen and oxygen atoms in total. The van der Waals surface area contributed by atoms with Gasteiger partial charge in [-0.15, -0.1) is 0 Å². The molecule has 0 saturated heterocycles. The molecule has 0 aliphatic carbocycles. The Morgan fingerprint density at radius 3 is 2.71 bits per heavy atom.